The van der Waals surface area contributed by atoms with Crippen molar-refractivity contribution in [3.63, 3.8) is 0 Å². The highest BCUT2D eigenvalue weighted by Crippen LogP contribution is 2.10. The maximum absolute atomic E-state index is 12.0. The summed E-state index contributed by atoms with van der Waals surface area (Å²) in [6.45, 7) is 3.86. The molecule has 0 aliphatic heterocycles. The third-order valence-corrected chi connectivity index (χ3v) is 4.16. The lowest BCUT2D eigenvalue weighted by molar-refractivity contribution is 0.206. The molecular formula is C16H22N4OS. The first kappa shape index (κ1) is 16.3. The Labute approximate surface area is 135 Å². The second-order valence-electron chi connectivity index (χ2n) is 5.20. The monoisotopic (exact) mass is 318 g/mol. The molecule has 0 unspecified atom stereocenters. The van der Waals surface area contributed by atoms with Gasteiger partial charge in [-0.25, -0.2) is 9.78 Å². The van der Waals surface area contributed by atoms with Crippen LogP contribution in [0.25, 0.3) is 0 Å². The van der Waals surface area contributed by atoms with Gasteiger partial charge in [-0.05, 0) is 19.1 Å². The third kappa shape index (κ3) is 4.73. The van der Waals surface area contributed by atoms with Gasteiger partial charge in [0.25, 0.3) is 0 Å². The molecule has 6 heteroatoms. The summed E-state index contributed by atoms with van der Waals surface area (Å²) in [5, 5.41) is 5.94. The second-order valence-corrected chi connectivity index (χ2v) is 6.27. The third-order valence-electron chi connectivity index (χ3n) is 3.33. The molecule has 118 valence electrons. The van der Waals surface area contributed by atoms with Gasteiger partial charge in [0.1, 0.15) is 0 Å². The van der Waals surface area contributed by atoms with Gasteiger partial charge in [-0.2, -0.15) is 0 Å². The van der Waals surface area contributed by atoms with E-state index in [0.29, 0.717) is 13.1 Å². The number of likely N-dealkylation sites (N-methyl/N-ethyl adjacent to an activating group) is 1. The summed E-state index contributed by atoms with van der Waals surface area (Å²) in [5.41, 5.74) is 2.07. The predicted molar refractivity (Wildman–Crippen MR) is 91.4 cm³/mol. The number of thiazole rings is 1. The average Bonchev–Trinajstić information content (AvgIpc) is 2.93. The topological polar surface area (TPSA) is 48.5 Å². The van der Waals surface area contributed by atoms with Crippen LogP contribution < -0.4 is 10.2 Å². The van der Waals surface area contributed by atoms with E-state index in [0.717, 1.165) is 22.9 Å². The minimum atomic E-state index is -0.0767. The van der Waals surface area contributed by atoms with Crippen molar-refractivity contribution in [2.45, 2.75) is 13.5 Å². The van der Waals surface area contributed by atoms with E-state index >= 15 is 0 Å². The molecule has 1 aromatic carbocycles. The Balaban J connectivity index is 1.73. The second kappa shape index (κ2) is 7.79. The molecule has 0 spiro atoms. The molecule has 0 bridgehead atoms. The van der Waals surface area contributed by atoms with Crippen LogP contribution in [-0.4, -0.2) is 43.1 Å². The number of hydrogen-bond acceptors (Lipinski definition) is 4. The zero-order valence-electron chi connectivity index (χ0n) is 13.2. The summed E-state index contributed by atoms with van der Waals surface area (Å²) >= 11 is 1.60. The molecule has 0 fully saturated rings. The number of urea groups is 1. The Morgan fingerprint density at radius 3 is 2.64 bits per heavy atom. The number of aryl methyl sites for hydroxylation is 1. The van der Waals surface area contributed by atoms with Crippen LogP contribution in [0.1, 0.15) is 10.7 Å². The van der Waals surface area contributed by atoms with Crippen molar-refractivity contribution in [1.82, 2.24) is 15.2 Å². The first-order valence-electron chi connectivity index (χ1n) is 7.22. The van der Waals surface area contributed by atoms with E-state index in [1.54, 1.807) is 23.3 Å². The molecule has 1 heterocycles. The standard InChI is InChI=1S/C16H22N4OS/c1-13-18-14(12-22-13)11-20(3)16(21)17-9-10-19(2)15-7-5-4-6-8-15/h4-8,12H,9-11H2,1-3H3,(H,17,21). The van der Waals surface area contributed by atoms with Crippen LogP contribution in [0.5, 0.6) is 0 Å². The van der Waals surface area contributed by atoms with Gasteiger partial charge in [0.05, 0.1) is 17.2 Å². The van der Waals surface area contributed by atoms with Gasteiger partial charge in [-0.1, -0.05) is 18.2 Å². The van der Waals surface area contributed by atoms with Crippen molar-refractivity contribution in [3.8, 4) is 0 Å². The van der Waals surface area contributed by atoms with E-state index in [9.17, 15) is 4.79 Å². The number of hydrogen-bond donors (Lipinski definition) is 1. The van der Waals surface area contributed by atoms with Gasteiger partial charge >= 0.3 is 6.03 Å². The SMILES string of the molecule is Cc1nc(CN(C)C(=O)NCCN(C)c2ccccc2)cs1. The lowest BCUT2D eigenvalue weighted by Gasteiger charge is -2.21. The van der Waals surface area contributed by atoms with Crippen LogP contribution in [0.4, 0.5) is 10.5 Å². The van der Waals surface area contributed by atoms with Crippen LogP contribution in [-0.2, 0) is 6.54 Å². The number of anilines is 1. The van der Waals surface area contributed by atoms with E-state index in [2.05, 4.69) is 27.3 Å². The smallest absolute Gasteiger partial charge is 0.317 e. The van der Waals surface area contributed by atoms with Gasteiger partial charge in [0.15, 0.2) is 0 Å². The number of rotatable bonds is 6. The Bertz CT molecular complexity index is 599. The van der Waals surface area contributed by atoms with E-state index in [-0.39, 0.29) is 6.03 Å². The molecular weight excluding hydrogens is 296 g/mol. The molecule has 2 amide bonds. The predicted octanol–water partition coefficient (Wildman–Crippen LogP) is 2.73. The molecule has 0 saturated carbocycles. The largest absolute Gasteiger partial charge is 0.373 e. The number of para-hydroxylation sites is 1. The lowest BCUT2D eigenvalue weighted by atomic mass is 10.3. The summed E-state index contributed by atoms with van der Waals surface area (Å²) in [7, 11) is 3.80. The Hall–Kier alpha value is -2.08. The summed E-state index contributed by atoms with van der Waals surface area (Å²) in [6, 6.07) is 10.0. The Morgan fingerprint density at radius 1 is 1.27 bits per heavy atom. The van der Waals surface area contributed by atoms with Crippen molar-refractivity contribution in [3.05, 3.63) is 46.4 Å². The number of amides is 2. The van der Waals surface area contributed by atoms with Gasteiger partial charge in [0, 0.05) is 38.3 Å². The molecule has 0 aliphatic carbocycles. The quantitative estimate of drug-likeness (QED) is 0.891. The van der Waals surface area contributed by atoms with E-state index in [4.69, 9.17) is 0 Å². The highest BCUT2D eigenvalue weighted by atomic mass is 32.1. The summed E-state index contributed by atoms with van der Waals surface area (Å²) in [6.07, 6.45) is 0. The highest BCUT2D eigenvalue weighted by Gasteiger charge is 2.10. The first-order chi connectivity index (χ1) is 10.6. The molecule has 0 atom stereocenters. The maximum atomic E-state index is 12.0. The van der Waals surface area contributed by atoms with Crippen LogP contribution >= 0.6 is 11.3 Å². The maximum Gasteiger partial charge on any atom is 0.317 e. The number of nitrogens with zero attached hydrogens (tertiary/aromatic N) is 3. The molecule has 1 aromatic heterocycles. The zero-order chi connectivity index (χ0) is 15.9. The lowest BCUT2D eigenvalue weighted by Crippen LogP contribution is -2.40. The molecule has 0 saturated heterocycles. The van der Waals surface area contributed by atoms with Crippen molar-refractivity contribution in [2.75, 3.05) is 32.1 Å². The highest BCUT2D eigenvalue weighted by molar-refractivity contribution is 7.09. The molecule has 1 N–H and O–H groups in total. The fraction of sp³-hybridized carbons (Fsp3) is 0.375. The van der Waals surface area contributed by atoms with Crippen LogP contribution in [0.15, 0.2) is 35.7 Å². The minimum Gasteiger partial charge on any atom is -0.373 e. The van der Waals surface area contributed by atoms with Crippen molar-refractivity contribution < 1.29 is 4.79 Å². The van der Waals surface area contributed by atoms with Gasteiger partial charge in [-0.3, -0.25) is 0 Å². The normalized spacial score (nSPS) is 10.3. The van der Waals surface area contributed by atoms with Gasteiger partial charge < -0.3 is 15.1 Å². The number of aromatic nitrogens is 1. The van der Waals surface area contributed by atoms with Crippen molar-refractivity contribution in [2.24, 2.45) is 0 Å². The van der Waals surface area contributed by atoms with Crippen LogP contribution in [0, 0.1) is 6.92 Å². The van der Waals surface area contributed by atoms with Gasteiger partial charge in [-0.15, -0.1) is 11.3 Å². The molecule has 5 nitrogen and oxygen atoms in total. The molecule has 2 rings (SSSR count). The van der Waals surface area contributed by atoms with Crippen molar-refractivity contribution >= 4 is 23.1 Å². The Morgan fingerprint density at radius 2 is 2.00 bits per heavy atom. The summed E-state index contributed by atoms with van der Waals surface area (Å²) in [5.74, 6) is 0. The van der Waals surface area contributed by atoms with Crippen LogP contribution in [0.2, 0.25) is 0 Å². The number of carbonyl (C=O) groups excluding carboxylic acids is 1. The average molecular weight is 318 g/mol. The summed E-state index contributed by atoms with van der Waals surface area (Å²) in [4.78, 5) is 20.2. The molecule has 0 radical (unpaired) electrons. The Kier molecular flexibility index (Phi) is 5.77. The summed E-state index contributed by atoms with van der Waals surface area (Å²) < 4.78 is 0. The fourth-order valence-electron chi connectivity index (χ4n) is 2.07. The van der Waals surface area contributed by atoms with Crippen LogP contribution in [0.3, 0.4) is 0 Å². The molecule has 22 heavy (non-hydrogen) atoms. The first-order valence-corrected chi connectivity index (χ1v) is 8.10. The minimum absolute atomic E-state index is 0.0767. The van der Waals surface area contributed by atoms with E-state index in [1.165, 1.54) is 0 Å². The fourth-order valence-corrected chi connectivity index (χ4v) is 2.68. The molecule has 0 aliphatic rings. The van der Waals surface area contributed by atoms with Gasteiger partial charge in [0.2, 0.25) is 0 Å². The molecule has 2 aromatic rings. The zero-order valence-corrected chi connectivity index (χ0v) is 14.1. The number of benzene rings is 1. The number of nitrogens with one attached hydrogen (secondary N) is 1. The van der Waals surface area contributed by atoms with Crippen molar-refractivity contribution in [1.29, 1.82) is 0 Å². The number of carbonyl (C=O) groups is 1. The van der Waals surface area contributed by atoms with E-state index < -0.39 is 0 Å². The van der Waals surface area contributed by atoms with E-state index in [1.807, 2.05) is 37.6 Å².